The molecule has 6 nitrogen and oxygen atoms in total. The van der Waals surface area contributed by atoms with Gasteiger partial charge < -0.3 is 10.4 Å². The molecular formula is C20H23NO5S. The quantitative estimate of drug-likeness (QED) is 0.758. The first-order valence-corrected chi connectivity index (χ1v) is 10.0. The number of carboxylic acids is 1. The highest BCUT2D eigenvalue weighted by Crippen LogP contribution is 2.23. The lowest BCUT2D eigenvalue weighted by molar-refractivity contribution is -0.142. The molecule has 1 unspecified atom stereocenters. The summed E-state index contributed by atoms with van der Waals surface area (Å²) < 4.78 is 24.3. The second kappa shape index (κ2) is 7.92. The van der Waals surface area contributed by atoms with Gasteiger partial charge in [0, 0.05) is 12.1 Å². The van der Waals surface area contributed by atoms with Gasteiger partial charge in [-0.2, -0.15) is 0 Å². The second-order valence-corrected chi connectivity index (χ2v) is 9.31. The largest absolute Gasteiger partial charge is 0.481 e. The summed E-state index contributed by atoms with van der Waals surface area (Å²) in [5.74, 6) is -1.51. The molecule has 0 aliphatic rings. The second-order valence-electron chi connectivity index (χ2n) is 6.80. The molecule has 2 aromatic rings. The number of aliphatic carboxylic acids is 1. The van der Waals surface area contributed by atoms with Crippen LogP contribution in [0, 0.1) is 0 Å². The lowest BCUT2D eigenvalue weighted by atomic mass is 9.82. The monoisotopic (exact) mass is 389 g/mol. The highest BCUT2D eigenvalue weighted by atomic mass is 32.2. The van der Waals surface area contributed by atoms with Gasteiger partial charge in [0.25, 0.3) is 5.91 Å². The van der Waals surface area contributed by atoms with Crippen molar-refractivity contribution in [3.05, 3.63) is 65.7 Å². The van der Waals surface area contributed by atoms with Crippen LogP contribution < -0.4 is 5.32 Å². The van der Waals surface area contributed by atoms with E-state index in [2.05, 4.69) is 5.32 Å². The Morgan fingerprint density at radius 3 is 2.07 bits per heavy atom. The topological polar surface area (TPSA) is 101 Å². The van der Waals surface area contributed by atoms with E-state index in [0.717, 1.165) is 0 Å². The number of benzene rings is 2. The summed E-state index contributed by atoms with van der Waals surface area (Å²) >= 11 is 0. The molecule has 0 saturated heterocycles. The van der Waals surface area contributed by atoms with Crippen molar-refractivity contribution in [1.29, 1.82) is 0 Å². The van der Waals surface area contributed by atoms with Crippen LogP contribution in [0.5, 0.6) is 0 Å². The van der Waals surface area contributed by atoms with Crippen molar-refractivity contribution in [2.24, 2.45) is 0 Å². The third-order valence-corrected chi connectivity index (χ3v) is 6.72. The Morgan fingerprint density at radius 2 is 1.59 bits per heavy atom. The van der Waals surface area contributed by atoms with Crippen LogP contribution in [0.4, 0.5) is 0 Å². The molecule has 1 amide bonds. The van der Waals surface area contributed by atoms with E-state index in [1.165, 1.54) is 24.3 Å². The van der Waals surface area contributed by atoms with E-state index in [9.17, 15) is 23.1 Å². The minimum atomic E-state index is -3.41. The number of carbonyl (C=O) groups is 2. The number of amides is 1. The standard InChI is InChI=1S/C20H23NO5S/c1-14(2)27(25,26)17-11-9-15(10-12-17)18(22)21-13-20(3,19(23)24)16-7-5-4-6-8-16/h4-12,14H,13H2,1-3H3,(H,21,22)(H,23,24). The van der Waals surface area contributed by atoms with Crippen LogP contribution in [0.2, 0.25) is 0 Å². The smallest absolute Gasteiger partial charge is 0.315 e. The van der Waals surface area contributed by atoms with E-state index in [0.29, 0.717) is 5.56 Å². The van der Waals surface area contributed by atoms with Crippen molar-refractivity contribution in [2.75, 3.05) is 6.54 Å². The molecule has 0 aromatic heterocycles. The number of sulfone groups is 1. The van der Waals surface area contributed by atoms with E-state index in [4.69, 9.17) is 0 Å². The van der Waals surface area contributed by atoms with Crippen molar-refractivity contribution in [3.8, 4) is 0 Å². The molecule has 144 valence electrons. The van der Waals surface area contributed by atoms with E-state index in [1.54, 1.807) is 51.1 Å². The molecule has 0 aliphatic heterocycles. The fourth-order valence-electron chi connectivity index (χ4n) is 2.53. The molecule has 0 aliphatic carbocycles. The minimum Gasteiger partial charge on any atom is -0.481 e. The fraction of sp³-hybridized carbons (Fsp3) is 0.300. The summed E-state index contributed by atoms with van der Waals surface area (Å²) in [6, 6.07) is 14.3. The predicted octanol–water partition coefficient (Wildman–Crippen LogP) is 2.64. The number of rotatable bonds is 7. The van der Waals surface area contributed by atoms with Crippen LogP contribution in [-0.2, 0) is 20.0 Å². The van der Waals surface area contributed by atoms with Gasteiger partial charge >= 0.3 is 5.97 Å². The first kappa shape index (κ1) is 20.6. The molecule has 0 fully saturated rings. The van der Waals surface area contributed by atoms with Crippen LogP contribution in [0.3, 0.4) is 0 Å². The molecule has 0 spiro atoms. The number of carboxylic acid groups (broad SMARTS) is 1. The van der Waals surface area contributed by atoms with Gasteiger partial charge in [-0.05, 0) is 50.6 Å². The van der Waals surface area contributed by atoms with Crippen LogP contribution in [0.1, 0.15) is 36.7 Å². The Bertz CT molecular complexity index is 921. The summed E-state index contributed by atoms with van der Waals surface area (Å²) in [4.78, 5) is 24.3. The molecule has 1 atom stereocenters. The molecule has 7 heteroatoms. The Kier molecular flexibility index (Phi) is 6.05. The van der Waals surface area contributed by atoms with Gasteiger partial charge in [0.1, 0.15) is 5.41 Å². The maximum Gasteiger partial charge on any atom is 0.315 e. The van der Waals surface area contributed by atoms with E-state index >= 15 is 0 Å². The molecule has 2 aromatic carbocycles. The first-order chi connectivity index (χ1) is 12.6. The Hall–Kier alpha value is -2.67. The third kappa shape index (κ3) is 4.36. The molecule has 0 bridgehead atoms. The zero-order chi connectivity index (χ0) is 20.2. The van der Waals surface area contributed by atoms with Crippen molar-refractivity contribution in [1.82, 2.24) is 5.32 Å². The third-order valence-electron chi connectivity index (χ3n) is 4.55. The molecule has 2 rings (SSSR count). The average Bonchev–Trinajstić information content (AvgIpc) is 2.66. The number of hydrogen-bond acceptors (Lipinski definition) is 4. The van der Waals surface area contributed by atoms with Gasteiger partial charge in [0.2, 0.25) is 0 Å². The predicted molar refractivity (Wildman–Crippen MR) is 103 cm³/mol. The average molecular weight is 389 g/mol. The SMILES string of the molecule is CC(C)S(=O)(=O)c1ccc(C(=O)NCC(C)(C(=O)O)c2ccccc2)cc1. The van der Waals surface area contributed by atoms with E-state index < -0.39 is 32.4 Å². The van der Waals surface area contributed by atoms with Gasteiger partial charge in [-0.25, -0.2) is 8.42 Å². The Balaban J connectivity index is 2.16. The highest BCUT2D eigenvalue weighted by molar-refractivity contribution is 7.92. The number of nitrogens with one attached hydrogen (secondary N) is 1. The lowest BCUT2D eigenvalue weighted by Crippen LogP contribution is -2.44. The van der Waals surface area contributed by atoms with Crippen molar-refractivity contribution in [2.45, 2.75) is 36.3 Å². The van der Waals surface area contributed by atoms with Crippen LogP contribution in [-0.4, -0.2) is 37.2 Å². The normalized spacial score (nSPS) is 13.8. The van der Waals surface area contributed by atoms with Gasteiger partial charge in [0.15, 0.2) is 9.84 Å². The van der Waals surface area contributed by atoms with Crippen LogP contribution >= 0.6 is 0 Å². The molecule has 0 saturated carbocycles. The summed E-state index contributed by atoms with van der Waals surface area (Å²) in [5.41, 5.74) is -0.438. The number of carbonyl (C=O) groups excluding carboxylic acids is 1. The zero-order valence-electron chi connectivity index (χ0n) is 15.5. The van der Waals surface area contributed by atoms with Crippen molar-refractivity contribution < 1.29 is 23.1 Å². The molecule has 27 heavy (non-hydrogen) atoms. The van der Waals surface area contributed by atoms with Gasteiger partial charge in [-0.3, -0.25) is 9.59 Å². The van der Waals surface area contributed by atoms with E-state index in [-0.39, 0.29) is 17.0 Å². The minimum absolute atomic E-state index is 0.1000. The molecular weight excluding hydrogens is 366 g/mol. The maximum absolute atomic E-state index is 12.4. The Morgan fingerprint density at radius 1 is 1.04 bits per heavy atom. The van der Waals surface area contributed by atoms with Crippen LogP contribution in [0.15, 0.2) is 59.5 Å². The summed E-state index contributed by atoms with van der Waals surface area (Å²) in [5, 5.41) is 11.7. The van der Waals surface area contributed by atoms with Gasteiger partial charge in [0.05, 0.1) is 10.1 Å². The maximum atomic E-state index is 12.4. The molecule has 0 radical (unpaired) electrons. The highest BCUT2D eigenvalue weighted by Gasteiger charge is 2.35. The lowest BCUT2D eigenvalue weighted by Gasteiger charge is -2.25. The first-order valence-electron chi connectivity index (χ1n) is 8.50. The number of hydrogen-bond donors (Lipinski definition) is 2. The fourth-order valence-corrected chi connectivity index (χ4v) is 3.59. The molecule has 0 heterocycles. The van der Waals surface area contributed by atoms with Gasteiger partial charge in [-0.1, -0.05) is 30.3 Å². The van der Waals surface area contributed by atoms with Gasteiger partial charge in [-0.15, -0.1) is 0 Å². The Labute approximate surface area is 159 Å². The zero-order valence-corrected chi connectivity index (χ0v) is 16.3. The summed E-state index contributed by atoms with van der Waals surface area (Å²) in [7, 11) is -3.41. The summed E-state index contributed by atoms with van der Waals surface area (Å²) in [6.07, 6.45) is 0. The van der Waals surface area contributed by atoms with Crippen molar-refractivity contribution in [3.63, 3.8) is 0 Å². The molecule has 2 N–H and O–H groups in total. The van der Waals surface area contributed by atoms with E-state index in [1.807, 2.05) is 0 Å². The van der Waals surface area contributed by atoms with Crippen LogP contribution in [0.25, 0.3) is 0 Å². The summed E-state index contributed by atoms with van der Waals surface area (Å²) in [6.45, 7) is 4.62. The van der Waals surface area contributed by atoms with Crippen molar-refractivity contribution >= 4 is 21.7 Å².